The Bertz CT molecular complexity index is 1040. The molecule has 17 heteroatoms. The van der Waals surface area contributed by atoms with Gasteiger partial charge in [0, 0.05) is 13.0 Å². The van der Waals surface area contributed by atoms with Gasteiger partial charge in [-0.3, -0.25) is 28.7 Å². The van der Waals surface area contributed by atoms with Crippen LogP contribution in [0.15, 0.2) is 9.79 Å². The first-order chi connectivity index (χ1) is 16.3. The fraction of sp³-hybridized carbons (Fsp3) is 0.500. The van der Waals surface area contributed by atoms with Crippen molar-refractivity contribution in [1.29, 1.82) is 0 Å². The van der Waals surface area contributed by atoms with Crippen LogP contribution in [0.3, 0.4) is 0 Å². The molecule has 1 heterocycles. The molecule has 0 aliphatic rings. The summed E-state index contributed by atoms with van der Waals surface area (Å²) in [5, 5.41) is 32.6. The van der Waals surface area contributed by atoms with Crippen molar-refractivity contribution >= 4 is 35.6 Å². The highest BCUT2D eigenvalue weighted by atomic mass is 16.4. The van der Waals surface area contributed by atoms with Crippen LogP contribution in [-0.2, 0) is 36.9 Å². The minimum absolute atomic E-state index is 0.104. The van der Waals surface area contributed by atoms with E-state index >= 15 is 0 Å². The number of hydrogen-bond acceptors (Lipinski definition) is 8. The SMILES string of the molecule is NC(=O)CC[C@H](NC(=O)[C@H](CC(=O)O)NC(=O)Cn1c(O)c(CCCN=C(N)N)[nH]c1=O)C(=O)O. The van der Waals surface area contributed by atoms with Crippen LogP contribution >= 0.6 is 0 Å². The molecule has 1 rings (SSSR count). The van der Waals surface area contributed by atoms with Crippen LogP contribution < -0.4 is 33.5 Å². The van der Waals surface area contributed by atoms with Crippen molar-refractivity contribution in [2.45, 2.75) is 50.7 Å². The summed E-state index contributed by atoms with van der Waals surface area (Å²) in [6.07, 6.45) is -1.11. The number of nitrogens with one attached hydrogen (secondary N) is 3. The maximum Gasteiger partial charge on any atom is 0.329 e. The normalized spacial score (nSPS) is 12.2. The van der Waals surface area contributed by atoms with E-state index in [0.717, 1.165) is 0 Å². The van der Waals surface area contributed by atoms with Gasteiger partial charge in [-0.05, 0) is 19.3 Å². The van der Waals surface area contributed by atoms with Gasteiger partial charge in [0.25, 0.3) is 0 Å². The first kappa shape index (κ1) is 28.5. The van der Waals surface area contributed by atoms with Crippen LogP contribution in [0, 0.1) is 0 Å². The Hall–Kier alpha value is -4.57. The number of H-pyrrole nitrogens is 1. The van der Waals surface area contributed by atoms with E-state index in [2.05, 4.69) is 15.3 Å². The number of carboxylic acids is 2. The van der Waals surface area contributed by atoms with Crippen LogP contribution in [-0.4, -0.2) is 79.1 Å². The highest BCUT2D eigenvalue weighted by molar-refractivity contribution is 5.93. The Morgan fingerprint density at radius 3 is 2.26 bits per heavy atom. The molecule has 2 atom stereocenters. The molecule has 0 saturated heterocycles. The molecule has 12 N–H and O–H groups in total. The number of carboxylic acid groups (broad SMARTS) is 2. The number of nitrogens with two attached hydrogens (primary N) is 3. The zero-order valence-electron chi connectivity index (χ0n) is 18.5. The maximum absolute atomic E-state index is 12.4. The van der Waals surface area contributed by atoms with Gasteiger partial charge in [0.2, 0.25) is 23.6 Å². The second kappa shape index (κ2) is 13.2. The van der Waals surface area contributed by atoms with Crippen LogP contribution in [0.4, 0.5) is 0 Å². The summed E-state index contributed by atoms with van der Waals surface area (Å²) in [7, 11) is 0. The highest BCUT2D eigenvalue weighted by Gasteiger charge is 2.29. The van der Waals surface area contributed by atoms with Gasteiger partial charge in [-0.15, -0.1) is 0 Å². The lowest BCUT2D eigenvalue weighted by molar-refractivity contribution is -0.143. The topological polar surface area (TPSA) is 298 Å². The van der Waals surface area contributed by atoms with Crippen molar-refractivity contribution in [1.82, 2.24) is 20.2 Å². The number of guanidine groups is 1. The van der Waals surface area contributed by atoms with Gasteiger partial charge in [0.1, 0.15) is 18.6 Å². The Kier molecular flexibility index (Phi) is 10.7. The molecule has 0 bridgehead atoms. The fourth-order valence-electron chi connectivity index (χ4n) is 2.88. The maximum atomic E-state index is 12.4. The molecule has 17 nitrogen and oxygen atoms in total. The Morgan fingerprint density at radius 1 is 1.06 bits per heavy atom. The van der Waals surface area contributed by atoms with E-state index in [9.17, 15) is 39.0 Å². The van der Waals surface area contributed by atoms with E-state index in [1.807, 2.05) is 5.32 Å². The average Bonchev–Trinajstić information content (AvgIpc) is 3.00. The van der Waals surface area contributed by atoms with E-state index in [0.29, 0.717) is 11.0 Å². The van der Waals surface area contributed by atoms with Crippen LogP contribution in [0.1, 0.15) is 31.4 Å². The summed E-state index contributed by atoms with van der Waals surface area (Å²) < 4.78 is 0.661. The number of imidazole rings is 1. The zero-order chi connectivity index (χ0) is 26.7. The number of aromatic amines is 1. The molecular weight excluding hydrogens is 472 g/mol. The monoisotopic (exact) mass is 500 g/mol. The second-order valence-corrected chi connectivity index (χ2v) is 7.35. The lowest BCUT2D eigenvalue weighted by Gasteiger charge is -2.20. The van der Waals surface area contributed by atoms with E-state index in [4.69, 9.17) is 22.3 Å². The third kappa shape index (κ3) is 9.84. The summed E-state index contributed by atoms with van der Waals surface area (Å²) in [6.45, 7) is -0.555. The van der Waals surface area contributed by atoms with Gasteiger partial charge in [0.05, 0.1) is 12.1 Å². The minimum Gasteiger partial charge on any atom is -0.493 e. The molecular formula is C18H28N8O9. The Balaban J connectivity index is 2.89. The van der Waals surface area contributed by atoms with Gasteiger partial charge >= 0.3 is 17.6 Å². The second-order valence-electron chi connectivity index (χ2n) is 7.35. The van der Waals surface area contributed by atoms with Crippen molar-refractivity contribution in [2.24, 2.45) is 22.2 Å². The summed E-state index contributed by atoms with van der Waals surface area (Å²) in [4.78, 5) is 76.4. The largest absolute Gasteiger partial charge is 0.493 e. The first-order valence-electron chi connectivity index (χ1n) is 10.2. The predicted octanol–water partition coefficient (Wildman–Crippen LogP) is -4.12. The van der Waals surface area contributed by atoms with Gasteiger partial charge in [-0.1, -0.05) is 0 Å². The van der Waals surface area contributed by atoms with E-state index in [1.165, 1.54) is 0 Å². The zero-order valence-corrected chi connectivity index (χ0v) is 18.5. The number of hydrogen-bond donors (Lipinski definition) is 9. The fourth-order valence-corrected chi connectivity index (χ4v) is 2.88. The van der Waals surface area contributed by atoms with Crippen molar-refractivity contribution in [3.05, 3.63) is 16.2 Å². The summed E-state index contributed by atoms with van der Waals surface area (Å²) in [5.41, 5.74) is 14.6. The summed E-state index contributed by atoms with van der Waals surface area (Å²) in [6, 6.07) is -3.28. The van der Waals surface area contributed by atoms with Crippen LogP contribution in [0.2, 0.25) is 0 Å². The quantitative estimate of drug-likeness (QED) is 0.0632. The Labute approximate surface area is 197 Å². The van der Waals surface area contributed by atoms with Gasteiger partial charge in [-0.25, -0.2) is 9.59 Å². The Morgan fingerprint density at radius 2 is 1.71 bits per heavy atom. The molecule has 0 saturated carbocycles. The third-order valence-electron chi connectivity index (χ3n) is 4.53. The summed E-state index contributed by atoms with van der Waals surface area (Å²) >= 11 is 0. The minimum atomic E-state index is -1.72. The molecule has 0 aromatic carbocycles. The first-order valence-corrected chi connectivity index (χ1v) is 10.2. The average molecular weight is 500 g/mol. The van der Waals surface area contributed by atoms with Gasteiger partial charge in [0.15, 0.2) is 5.96 Å². The van der Waals surface area contributed by atoms with Gasteiger partial charge < -0.3 is 48.1 Å². The predicted molar refractivity (Wildman–Crippen MR) is 118 cm³/mol. The standard InChI is InChI=1S/C18H28N8O9/c19-11(27)4-3-9(16(33)34)24-14(31)10(6-13(29)30)23-12(28)7-26-15(32)8(25-18(26)35)2-1-5-22-17(20)21/h9-10,32H,1-7H2,(H2,19,27)(H,23,28)(H,24,31)(H,25,35)(H,29,30)(H,33,34)(H4,20,21,22)/t9-,10-/m0/s1. The molecule has 35 heavy (non-hydrogen) atoms. The number of aryl methyl sites for hydroxylation is 1. The molecule has 1 aromatic rings. The van der Waals surface area contributed by atoms with Crippen molar-refractivity contribution in [3.63, 3.8) is 0 Å². The van der Waals surface area contributed by atoms with E-state index in [-0.39, 0.29) is 37.5 Å². The smallest absolute Gasteiger partial charge is 0.329 e. The lowest BCUT2D eigenvalue weighted by Crippen LogP contribution is -2.53. The van der Waals surface area contributed by atoms with Crippen molar-refractivity contribution in [3.8, 4) is 5.88 Å². The summed E-state index contributed by atoms with van der Waals surface area (Å²) in [5.74, 6) is -6.64. The number of amides is 3. The molecule has 0 unspecified atom stereocenters. The molecule has 0 spiro atoms. The van der Waals surface area contributed by atoms with E-state index < -0.39 is 66.3 Å². The molecule has 3 amide bonds. The number of carbonyl (C=O) groups is 5. The number of aromatic hydroxyl groups is 1. The highest BCUT2D eigenvalue weighted by Crippen LogP contribution is 2.14. The third-order valence-corrected chi connectivity index (χ3v) is 4.53. The number of aliphatic imine (C=N–C) groups is 1. The van der Waals surface area contributed by atoms with Crippen LogP contribution in [0.5, 0.6) is 5.88 Å². The molecule has 0 fully saturated rings. The molecule has 1 aromatic heterocycles. The number of primary amides is 1. The molecule has 194 valence electrons. The number of aromatic nitrogens is 2. The number of aliphatic carboxylic acids is 2. The van der Waals surface area contributed by atoms with Crippen molar-refractivity contribution < 1.29 is 39.3 Å². The number of rotatable bonds is 15. The molecule has 0 radical (unpaired) electrons. The van der Waals surface area contributed by atoms with Crippen molar-refractivity contribution in [2.75, 3.05) is 6.54 Å². The lowest BCUT2D eigenvalue weighted by atomic mass is 10.1. The van der Waals surface area contributed by atoms with Gasteiger partial charge in [-0.2, -0.15) is 0 Å². The van der Waals surface area contributed by atoms with Crippen LogP contribution in [0.25, 0.3) is 0 Å². The van der Waals surface area contributed by atoms with E-state index in [1.54, 1.807) is 0 Å². The molecule has 0 aliphatic heterocycles. The number of carbonyl (C=O) groups excluding carboxylic acids is 3. The number of nitrogens with zero attached hydrogens (tertiary/aromatic N) is 2. The molecule has 0 aliphatic carbocycles.